The molecule has 1 atom stereocenters. The van der Waals surface area contributed by atoms with Crippen molar-refractivity contribution >= 4 is 32.4 Å². The average Bonchev–Trinajstić information content (AvgIpc) is 2.64. The van der Waals surface area contributed by atoms with Gasteiger partial charge in [-0.15, -0.1) is 0 Å². The molecule has 0 aromatic heterocycles. The third-order valence-electron chi connectivity index (χ3n) is 4.49. The molecule has 3 rings (SSSR count). The molecule has 0 heterocycles. The zero-order valence-electron chi connectivity index (χ0n) is 15.5. The molecule has 1 amide bonds. The number of rotatable bonds is 5. The lowest BCUT2D eigenvalue weighted by molar-refractivity contribution is -0.117. The van der Waals surface area contributed by atoms with E-state index in [2.05, 4.69) is 10.0 Å². The molecule has 3 aromatic rings. The minimum absolute atomic E-state index is 0.132. The van der Waals surface area contributed by atoms with Gasteiger partial charge in [-0.3, -0.25) is 4.79 Å². The lowest BCUT2D eigenvalue weighted by Crippen LogP contribution is -2.41. The monoisotopic (exact) mass is 382 g/mol. The number of hydrogen-bond acceptors (Lipinski definition) is 3. The maximum absolute atomic E-state index is 12.7. The van der Waals surface area contributed by atoms with Crippen LogP contribution in [-0.4, -0.2) is 20.4 Å². The highest BCUT2D eigenvalue weighted by atomic mass is 32.2. The molecule has 0 saturated carbocycles. The van der Waals surface area contributed by atoms with Crippen molar-refractivity contribution in [2.75, 3.05) is 5.32 Å². The van der Waals surface area contributed by atoms with Crippen molar-refractivity contribution in [3.63, 3.8) is 0 Å². The summed E-state index contributed by atoms with van der Waals surface area (Å²) in [7, 11) is -3.82. The fourth-order valence-corrected chi connectivity index (χ4v) is 4.17. The van der Waals surface area contributed by atoms with E-state index in [0.717, 1.165) is 21.9 Å². The summed E-state index contributed by atoms with van der Waals surface area (Å²) in [6.07, 6.45) is 0. The molecule has 140 valence electrons. The summed E-state index contributed by atoms with van der Waals surface area (Å²) >= 11 is 0. The predicted octanol–water partition coefficient (Wildman–Crippen LogP) is 3.76. The first-order valence-electron chi connectivity index (χ1n) is 8.66. The summed E-state index contributed by atoms with van der Waals surface area (Å²) in [5.41, 5.74) is 2.56. The molecule has 0 radical (unpaired) electrons. The number of carbonyl (C=O) groups excluding carboxylic acids is 1. The van der Waals surface area contributed by atoms with Gasteiger partial charge in [0.2, 0.25) is 15.9 Å². The van der Waals surface area contributed by atoms with Crippen LogP contribution in [0.1, 0.15) is 18.1 Å². The molecule has 6 heteroatoms. The van der Waals surface area contributed by atoms with Crippen molar-refractivity contribution in [2.45, 2.75) is 31.7 Å². The molecular formula is C21H22N2O3S. The van der Waals surface area contributed by atoms with Crippen molar-refractivity contribution < 1.29 is 13.2 Å². The fraction of sp³-hybridized carbons (Fsp3) is 0.190. The molecule has 0 saturated heterocycles. The number of benzene rings is 3. The number of hydrogen-bond donors (Lipinski definition) is 2. The van der Waals surface area contributed by atoms with Crippen molar-refractivity contribution in [1.82, 2.24) is 4.72 Å². The molecule has 0 bridgehead atoms. The van der Waals surface area contributed by atoms with Crippen LogP contribution < -0.4 is 10.0 Å². The van der Waals surface area contributed by atoms with Crippen LogP contribution in [0.25, 0.3) is 10.8 Å². The van der Waals surface area contributed by atoms with E-state index in [0.29, 0.717) is 5.69 Å². The van der Waals surface area contributed by atoms with Crippen LogP contribution in [0.2, 0.25) is 0 Å². The van der Waals surface area contributed by atoms with E-state index in [9.17, 15) is 13.2 Å². The summed E-state index contributed by atoms with van der Waals surface area (Å²) in [5, 5.41) is 4.60. The zero-order chi connectivity index (χ0) is 19.6. The highest BCUT2D eigenvalue weighted by Crippen LogP contribution is 2.21. The van der Waals surface area contributed by atoms with Gasteiger partial charge in [-0.05, 0) is 54.8 Å². The lowest BCUT2D eigenvalue weighted by atomic mass is 10.1. The van der Waals surface area contributed by atoms with Gasteiger partial charge in [0.25, 0.3) is 0 Å². The third kappa shape index (κ3) is 4.18. The van der Waals surface area contributed by atoms with Gasteiger partial charge < -0.3 is 5.32 Å². The summed E-state index contributed by atoms with van der Waals surface area (Å²) in [5.74, 6) is -0.406. The maximum atomic E-state index is 12.7. The number of anilines is 1. The number of amides is 1. The molecule has 0 aliphatic heterocycles. The minimum Gasteiger partial charge on any atom is -0.324 e. The van der Waals surface area contributed by atoms with Crippen molar-refractivity contribution in [2.24, 2.45) is 0 Å². The van der Waals surface area contributed by atoms with Crippen LogP contribution in [0.3, 0.4) is 0 Å². The van der Waals surface area contributed by atoms with E-state index < -0.39 is 22.0 Å². The zero-order valence-corrected chi connectivity index (χ0v) is 16.3. The Balaban J connectivity index is 1.78. The summed E-state index contributed by atoms with van der Waals surface area (Å²) < 4.78 is 27.8. The second-order valence-electron chi connectivity index (χ2n) is 6.61. The average molecular weight is 382 g/mol. The van der Waals surface area contributed by atoms with Crippen molar-refractivity contribution in [3.8, 4) is 0 Å². The number of fused-ring (bicyclic) bond motifs is 1. The van der Waals surface area contributed by atoms with Crippen LogP contribution in [0.15, 0.2) is 65.6 Å². The van der Waals surface area contributed by atoms with Crippen molar-refractivity contribution in [3.05, 3.63) is 71.8 Å². The van der Waals surface area contributed by atoms with E-state index in [-0.39, 0.29) is 4.90 Å². The van der Waals surface area contributed by atoms with E-state index in [1.165, 1.54) is 6.92 Å². The molecule has 0 aliphatic rings. The number of nitrogens with one attached hydrogen (secondary N) is 2. The molecule has 3 aromatic carbocycles. The summed E-state index contributed by atoms with van der Waals surface area (Å²) in [6.45, 7) is 5.32. The Morgan fingerprint density at radius 3 is 2.19 bits per heavy atom. The van der Waals surface area contributed by atoms with Crippen LogP contribution in [0, 0.1) is 13.8 Å². The Kier molecular flexibility index (Phi) is 5.30. The largest absolute Gasteiger partial charge is 0.324 e. The van der Waals surface area contributed by atoms with Gasteiger partial charge in [-0.25, -0.2) is 8.42 Å². The number of carbonyl (C=O) groups is 1. The Hall–Kier alpha value is -2.70. The lowest BCUT2D eigenvalue weighted by Gasteiger charge is -2.17. The maximum Gasteiger partial charge on any atom is 0.242 e. The second-order valence-corrected chi connectivity index (χ2v) is 8.32. The topological polar surface area (TPSA) is 75.3 Å². The van der Waals surface area contributed by atoms with Gasteiger partial charge in [0.15, 0.2) is 0 Å². The molecule has 0 aliphatic carbocycles. The highest BCUT2D eigenvalue weighted by Gasteiger charge is 2.23. The quantitative estimate of drug-likeness (QED) is 0.705. The molecule has 0 spiro atoms. The number of aryl methyl sites for hydroxylation is 2. The minimum atomic E-state index is -3.82. The first kappa shape index (κ1) is 19.1. The molecule has 5 nitrogen and oxygen atoms in total. The summed E-state index contributed by atoms with van der Waals surface area (Å²) in [6, 6.07) is 17.2. The molecular weight excluding hydrogens is 360 g/mol. The molecule has 2 N–H and O–H groups in total. The fourth-order valence-electron chi connectivity index (χ4n) is 2.93. The number of para-hydroxylation sites is 1. The Morgan fingerprint density at radius 1 is 0.889 bits per heavy atom. The van der Waals surface area contributed by atoms with E-state index in [1.807, 2.05) is 56.3 Å². The standard InChI is InChI=1S/C21H22N2O3S/c1-14-7-6-8-15(2)20(14)22-21(24)16(3)23-27(25,26)19-12-11-17-9-4-5-10-18(17)13-19/h4-13,16,23H,1-3H3,(H,22,24). The first-order valence-corrected chi connectivity index (χ1v) is 10.1. The molecule has 1 unspecified atom stereocenters. The Labute approximate surface area is 159 Å². The SMILES string of the molecule is Cc1cccc(C)c1NC(=O)C(C)NS(=O)(=O)c1ccc2ccccc2c1. The van der Waals surface area contributed by atoms with Gasteiger partial charge in [-0.2, -0.15) is 4.72 Å². The Bertz CT molecular complexity index is 1090. The first-order chi connectivity index (χ1) is 12.8. The normalized spacial score (nSPS) is 12.7. The number of sulfonamides is 1. The highest BCUT2D eigenvalue weighted by molar-refractivity contribution is 7.89. The van der Waals surface area contributed by atoms with E-state index >= 15 is 0 Å². The van der Waals surface area contributed by atoms with E-state index in [1.54, 1.807) is 18.2 Å². The smallest absolute Gasteiger partial charge is 0.242 e. The molecule has 0 fully saturated rings. The van der Waals surface area contributed by atoms with Gasteiger partial charge in [-0.1, -0.05) is 48.5 Å². The molecule has 27 heavy (non-hydrogen) atoms. The van der Waals surface area contributed by atoms with Gasteiger partial charge >= 0.3 is 0 Å². The second kappa shape index (κ2) is 7.50. The van der Waals surface area contributed by atoms with Gasteiger partial charge in [0.05, 0.1) is 10.9 Å². The van der Waals surface area contributed by atoms with E-state index in [4.69, 9.17) is 0 Å². The van der Waals surface area contributed by atoms with Crippen molar-refractivity contribution in [1.29, 1.82) is 0 Å². The Morgan fingerprint density at radius 2 is 1.52 bits per heavy atom. The van der Waals surface area contributed by atoms with Crippen LogP contribution in [0.5, 0.6) is 0 Å². The third-order valence-corrected chi connectivity index (χ3v) is 6.02. The summed E-state index contributed by atoms with van der Waals surface area (Å²) in [4.78, 5) is 12.6. The van der Waals surface area contributed by atoms with Crippen LogP contribution in [-0.2, 0) is 14.8 Å². The van der Waals surface area contributed by atoms with Crippen LogP contribution >= 0.6 is 0 Å². The van der Waals surface area contributed by atoms with Crippen LogP contribution in [0.4, 0.5) is 5.69 Å². The predicted molar refractivity (Wildman–Crippen MR) is 108 cm³/mol. The van der Waals surface area contributed by atoms with Gasteiger partial charge in [0, 0.05) is 5.69 Å². The van der Waals surface area contributed by atoms with Gasteiger partial charge in [0.1, 0.15) is 0 Å².